The molecule has 0 aromatic carbocycles. The normalized spacial score (nSPS) is 25.0. The minimum atomic E-state index is -1.39. The van der Waals surface area contributed by atoms with Crippen molar-refractivity contribution in [3.63, 3.8) is 0 Å². The van der Waals surface area contributed by atoms with Gasteiger partial charge < -0.3 is 63.1 Å². The molecule has 0 radical (unpaired) electrons. The van der Waals surface area contributed by atoms with Crippen LogP contribution in [0, 0.1) is 0 Å². The number of carboxylic acid groups (broad SMARTS) is 1. The van der Waals surface area contributed by atoms with Gasteiger partial charge in [-0.25, -0.2) is 4.79 Å². The largest absolute Gasteiger partial charge is 0.480 e. The van der Waals surface area contributed by atoms with Gasteiger partial charge in [-0.3, -0.25) is 47.9 Å². The second kappa shape index (κ2) is 28.7. The van der Waals surface area contributed by atoms with Crippen LogP contribution >= 0.6 is 23.5 Å². The van der Waals surface area contributed by atoms with Crippen molar-refractivity contribution in [2.75, 3.05) is 31.3 Å². The highest BCUT2D eigenvalue weighted by Gasteiger charge is 2.53. The van der Waals surface area contributed by atoms with Crippen molar-refractivity contribution in [2.45, 2.75) is 153 Å². The fourth-order valence-corrected chi connectivity index (χ4v) is 8.81. The SMILES string of the molecule is CC(=O)OC[C@H]1O[C@@H](SCCC(=O)NCCCC[C@H](NC(=O)CCS[C@@H]2O[C@H](COC(C)=O)[C@@H](OC(C)=O)[C@H](OC(C)=O)[C@@H]2OC(C)=O)C(=O)O)[C@@H](OC(C)=O)[C@@H](OC(C)=O)[C@@H]1OC(C)=O. The number of rotatable bonds is 25. The van der Waals surface area contributed by atoms with Crippen LogP contribution in [-0.2, 0) is 100 Å². The summed E-state index contributed by atoms with van der Waals surface area (Å²) in [5, 5.41) is 15.0. The van der Waals surface area contributed by atoms with Crippen molar-refractivity contribution in [2.24, 2.45) is 0 Å². The number of unbranched alkanes of at least 4 members (excludes halogenated alkanes) is 1. The van der Waals surface area contributed by atoms with Gasteiger partial charge in [0.15, 0.2) is 36.6 Å². The molecule has 2 saturated heterocycles. The van der Waals surface area contributed by atoms with Crippen LogP contribution in [0.4, 0.5) is 0 Å². The average molecular weight is 983 g/mol. The number of nitrogens with one attached hydrogen (secondary N) is 2. The Balaban J connectivity index is 1.95. The van der Waals surface area contributed by atoms with E-state index in [4.69, 9.17) is 47.4 Å². The second-order valence-corrected chi connectivity index (χ2v) is 17.1. The van der Waals surface area contributed by atoms with Gasteiger partial charge in [0.1, 0.15) is 42.3 Å². The molecule has 2 aliphatic rings. The number of ether oxygens (including phenoxy) is 10. The molecule has 0 aromatic heterocycles. The molecule has 2 rings (SSSR count). The van der Waals surface area contributed by atoms with E-state index in [9.17, 15) is 57.8 Å². The molecular formula is C40H58N2O22S2. The summed E-state index contributed by atoms with van der Waals surface area (Å²) in [5.41, 5.74) is -2.20. The number of esters is 8. The molecule has 2 amide bonds. The predicted molar refractivity (Wildman–Crippen MR) is 224 cm³/mol. The monoisotopic (exact) mass is 982 g/mol. The van der Waals surface area contributed by atoms with E-state index in [1.54, 1.807) is 0 Å². The highest BCUT2D eigenvalue weighted by molar-refractivity contribution is 8.00. The quantitative estimate of drug-likeness (QED) is 0.0627. The predicted octanol–water partition coefficient (Wildman–Crippen LogP) is 0.255. The maximum absolute atomic E-state index is 12.9. The first-order valence-corrected chi connectivity index (χ1v) is 22.7. The van der Waals surface area contributed by atoms with E-state index in [-0.39, 0.29) is 43.7 Å². The molecule has 2 fully saturated rings. The van der Waals surface area contributed by atoms with Crippen molar-refractivity contribution in [1.82, 2.24) is 10.6 Å². The molecule has 26 heteroatoms. The van der Waals surface area contributed by atoms with Crippen molar-refractivity contribution < 1.29 is 105 Å². The van der Waals surface area contributed by atoms with Gasteiger partial charge in [-0.1, -0.05) is 0 Å². The number of carbonyl (C=O) groups is 11. The molecule has 11 atom stereocenters. The number of hydrogen-bond acceptors (Lipinski definition) is 23. The maximum atomic E-state index is 12.9. The van der Waals surface area contributed by atoms with Gasteiger partial charge in [-0.15, -0.1) is 23.5 Å². The average Bonchev–Trinajstić information content (AvgIpc) is 3.18. The molecule has 2 heterocycles. The lowest BCUT2D eigenvalue weighted by Gasteiger charge is -2.44. The molecule has 2 aliphatic heterocycles. The van der Waals surface area contributed by atoms with Crippen molar-refractivity contribution >= 4 is 89.1 Å². The molecule has 0 bridgehead atoms. The molecule has 0 unspecified atom stereocenters. The third kappa shape index (κ3) is 21.0. The third-order valence-electron chi connectivity index (χ3n) is 8.99. The fourth-order valence-electron chi connectivity index (χ4n) is 6.49. The summed E-state index contributed by atoms with van der Waals surface area (Å²) < 4.78 is 54.5. The van der Waals surface area contributed by atoms with Crippen LogP contribution < -0.4 is 10.6 Å². The number of carbonyl (C=O) groups excluding carboxylic acids is 10. The summed E-state index contributed by atoms with van der Waals surface area (Å²) in [7, 11) is 0. The summed E-state index contributed by atoms with van der Waals surface area (Å²) in [6.07, 6.45) is -10.1. The molecule has 0 saturated carbocycles. The van der Waals surface area contributed by atoms with Crippen LogP contribution in [-0.4, -0.2) is 168 Å². The minimum Gasteiger partial charge on any atom is -0.480 e. The lowest BCUT2D eigenvalue weighted by Crippen LogP contribution is -2.61. The van der Waals surface area contributed by atoms with E-state index in [2.05, 4.69) is 10.6 Å². The van der Waals surface area contributed by atoms with Gasteiger partial charge in [-0.05, 0) is 19.3 Å². The van der Waals surface area contributed by atoms with Crippen molar-refractivity contribution in [3.05, 3.63) is 0 Å². The molecule has 66 heavy (non-hydrogen) atoms. The van der Waals surface area contributed by atoms with Gasteiger partial charge >= 0.3 is 53.7 Å². The first-order valence-electron chi connectivity index (χ1n) is 20.6. The van der Waals surface area contributed by atoms with Crippen LogP contribution in [0.5, 0.6) is 0 Å². The standard InChI is InChI=1S/C40H58N2O22S2/c1-19(43)55-17-28-32(57-21(3)45)34(59-23(5)47)36(61-25(7)49)39(63-28)65-15-12-30(51)41-14-10-9-11-27(38(53)54)42-31(52)13-16-66-40-37(62-26(8)50)35(60-24(6)48)33(58-22(4)46)29(64-40)18-56-20(2)44/h27-29,32-37,39-40H,9-18H2,1-8H3,(H,41,51)(H,42,52)(H,53,54)/t27-,28+,29+,32+,33+,34-,35-,36-,37-,39-,40-/m0/s1. The Morgan fingerprint density at radius 3 is 1.23 bits per heavy atom. The third-order valence-corrected chi connectivity index (χ3v) is 11.3. The Hall–Kier alpha value is -5.21. The lowest BCUT2D eigenvalue weighted by atomic mass is 9.99. The number of hydrogen-bond donors (Lipinski definition) is 3. The van der Waals surface area contributed by atoms with Crippen molar-refractivity contribution in [1.29, 1.82) is 0 Å². The maximum Gasteiger partial charge on any atom is 0.326 e. The summed E-state index contributed by atoms with van der Waals surface area (Å²) in [5.74, 6) is -8.37. The van der Waals surface area contributed by atoms with E-state index >= 15 is 0 Å². The Morgan fingerprint density at radius 1 is 0.500 bits per heavy atom. The Bertz CT molecular complexity index is 1750. The number of carboxylic acids is 1. The van der Waals surface area contributed by atoms with Gasteiger partial charge in [0.25, 0.3) is 0 Å². The fraction of sp³-hybridized carbons (Fsp3) is 0.725. The topological polar surface area (TPSA) is 324 Å². The molecule has 24 nitrogen and oxygen atoms in total. The summed E-state index contributed by atoms with van der Waals surface area (Å²) in [6.45, 7) is 8.16. The van der Waals surface area contributed by atoms with Gasteiger partial charge in [0.2, 0.25) is 11.8 Å². The molecular weight excluding hydrogens is 925 g/mol. The van der Waals surface area contributed by atoms with E-state index < -0.39 is 144 Å². The first kappa shape index (κ1) is 56.9. The van der Waals surface area contributed by atoms with Gasteiger partial charge in [0.05, 0.1) is 0 Å². The second-order valence-electron chi connectivity index (χ2n) is 14.7. The van der Waals surface area contributed by atoms with E-state index in [0.717, 1.165) is 78.9 Å². The van der Waals surface area contributed by atoms with Crippen LogP contribution in [0.15, 0.2) is 0 Å². The van der Waals surface area contributed by atoms with E-state index in [1.165, 1.54) is 0 Å². The summed E-state index contributed by atoms with van der Waals surface area (Å²) in [4.78, 5) is 133. The highest BCUT2D eigenvalue weighted by Crippen LogP contribution is 2.36. The Kier molecular flexibility index (Phi) is 24.8. The molecule has 0 aromatic rings. The number of amides is 2. The molecule has 372 valence electrons. The van der Waals surface area contributed by atoms with Crippen LogP contribution in [0.1, 0.15) is 87.5 Å². The highest BCUT2D eigenvalue weighted by atomic mass is 32.2. The van der Waals surface area contributed by atoms with Gasteiger partial charge in [-0.2, -0.15) is 0 Å². The molecule has 0 aliphatic carbocycles. The summed E-state index contributed by atoms with van der Waals surface area (Å²) in [6, 6.07) is -1.29. The summed E-state index contributed by atoms with van der Waals surface area (Å²) >= 11 is 1.98. The first-order chi connectivity index (χ1) is 31.0. The zero-order valence-corrected chi connectivity index (χ0v) is 39.4. The Labute approximate surface area is 388 Å². The van der Waals surface area contributed by atoms with Crippen molar-refractivity contribution in [3.8, 4) is 0 Å². The minimum absolute atomic E-state index is 0.00251. The number of thioether (sulfide) groups is 2. The van der Waals surface area contributed by atoms with E-state index in [1.807, 2.05) is 0 Å². The lowest BCUT2D eigenvalue weighted by molar-refractivity contribution is -0.237. The molecule has 3 N–H and O–H groups in total. The van der Waals surface area contributed by atoms with Crippen LogP contribution in [0.25, 0.3) is 0 Å². The van der Waals surface area contributed by atoms with Crippen LogP contribution in [0.2, 0.25) is 0 Å². The Morgan fingerprint density at radius 2 is 0.864 bits per heavy atom. The smallest absolute Gasteiger partial charge is 0.326 e. The van der Waals surface area contributed by atoms with E-state index in [0.29, 0.717) is 6.42 Å². The van der Waals surface area contributed by atoms with Gasteiger partial charge in [0, 0.05) is 86.3 Å². The zero-order chi connectivity index (χ0) is 49.7. The number of aliphatic carboxylic acids is 1. The van der Waals surface area contributed by atoms with Crippen LogP contribution in [0.3, 0.4) is 0 Å². The zero-order valence-electron chi connectivity index (χ0n) is 37.8. The molecule has 0 spiro atoms.